The van der Waals surface area contributed by atoms with Gasteiger partial charge in [0, 0.05) is 57.0 Å². The van der Waals surface area contributed by atoms with Crippen LogP contribution in [0.15, 0.2) is 43.5 Å². The molecule has 0 saturated carbocycles. The van der Waals surface area contributed by atoms with E-state index in [0.29, 0.717) is 30.5 Å². The molecule has 1 aliphatic heterocycles. The zero-order valence-corrected chi connectivity index (χ0v) is 25.3. The van der Waals surface area contributed by atoms with E-state index in [1.54, 1.807) is 12.5 Å². The van der Waals surface area contributed by atoms with Gasteiger partial charge in [0.15, 0.2) is 5.11 Å². The first-order chi connectivity index (χ1) is 19.7. The van der Waals surface area contributed by atoms with Crippen LogP contribution in [0.3, 0.4) is 0 Å². The molecular weight excluding hydrogens is 557 g/mol. The molecule has 2 atom stereocenters. The maximum absolute atomic E-state index is 9.94. The number of likely N-dealkylation sites (tertiary alicyclic amines) is 1. The number of nitrogens with zero attached hydrogens (tertiary/aromatic N) is 9. The van der Waals surface area contributed by atoms with Crippen molar-refractivity contribution in [1.82, 2.24) is 39.2 Å². The van der Waals surface area contributed by atoms with Gasteiger partial charge in [0.05, 0.1) is 36.6 Å². The second-order valence-corrected chi connectivity index (χ2v) is 17.4. The Labute approximate surface area is 245 Å². The van der Waals surface area contributed by atoms with E-state index >= 15 is 0 Å². The molecule has 1 fully saturated rings. The predicted octanol–water partition coefficient (Wildman–Crippen LogP) is 4.28. The van der Waals surface area contributed by atoms with Crippen molar-refractivity contribution >= 4 is 42.1 Å². The topological polar surface area (TPSA) is 143 Å². The van der Waals surface area contributed by atoms with Crippen LogP contribution in [0.4, 0.5) is 5.69 Å². The summed E-state index contributed by atoms with van der Waals surface area (Å²) >= 11 is 5.58. The predicted molar refractivity (Wildman–Crippen MR) is 162 cm³/mol. The Hall–Kier alpha value is -3.93. The quantitative estimate of drug-likeness (QED) is 0.155. The third-order valence-corrected chi connectivity index (χ3v) is 9.35. The van der Waals surface area contributed by atoms with Crippen LogP contribution in [0.25, 0.3) is 22.3 Å². The standard InChI is InChI=1S/C27H34N10O2SSi/c1-41(2,3)11-10-39-18-36-9-6-21-24(30-17-31-25(21)36)20-12-33-37(15-20)23(4-7-28)19-5-8-35(14-19)27(40)34-22-13-29-16-32-26(22)38/h6,9,12-13,15-17,19,23H,4-5,8,10-11,14,18H2,1-3H3,(H,34,40)(H,29,32,38). The maximum Gasteiger partial charge on any atom is 0.238 e. The van der Waals surface area contributed by atoms with Gasteiger partial charge in [-0.05, 0) is 30.7 Å². The zero-order valence-electron chi connectivity index (χ0n) is 23.4. The Morgan fingerprint density at radius 2 is 2.12 bits per heavy atom. The molecule has 0 amide bonds. The van der Waals surface area contributed by atoms with Crippen molar-refractivity contribution in [2.24, 2.45) is 5.92 Å². The molecule has 0 radical (unpaired) electrons. The molecule has 5 heterocycles. The summed E-state index contributed by atoms with van der Waals surface area (Å²) in [6.07, 6.45) is 11.2. The lowest BCUT2D eigenvalue weighted by atomic mass is 9.96. The number of ether oxygens (including phenoxy) is 1. The van der Waals surface area contributed by atoms with E-state index in [-0.39, 0.29) is 17.8 Å². The summed E-state index contributed by atoms with van der Waals surface area (Å²) in [7, 11) is -1.15. The molecule has 4 aromatic heterocycles. The van der Waals surface area contributed by atoms with Crippen LogP contribution in [0.1, 0.15) is 18.9 Å². The molecule has 1 aliphatic rings. The van der Waals surface area contributed by atoms with Crippen molar-refractivity contribution < 1.29 is 9.84 Å². The van der Waals surface area contributed by atoms with E-state index in [2.05, 4.69) is 56.1 Å². The number of anilines is 1. The molecule has 12 nitrogen and oxygen atoms in total. The summed E-state index contributed by atoms with van der Waals surface area (Å²) in [6, 6.07) is 5.33. The van der Waals surface area contributed by atoms with Crippen LogP contribution < -0.4 is 5.32 Å². The summed E-state index contributed by atoms with van der Waals surface area (Å²) < 4.78 is 9.82. The largest absolute Gasteiger partial charge is 0.492 e. The molecule has 41 heavy (non-hydrogen) atoms. The fourth-order valence-electron chi connectivity index (χ4n) is 4.98. The molecule has 1 saturated heterocycles. The SMILES string of the molecule is C[Si](C)(C)CCOCn1ccc2c(-c3cnn(C(CC#N)C4CCN(C(=S)Nc5cncnc5O)C4)c3)ncnc21. The molecule has 14 heteroatoms. The van der Waals surface area contributed by atoms with Crippen LogP contribution in [0, 0.1) is 17.2 Å². The van der Waals surface area contributed by atoms with Gasteiger partial charge in [-0.15, -0.1) is 0 Å². The van der Waals surface area contributed by atoms with Gasteiger partial charge >= 0.3 is 0 Å². The minimum absolute atomic E-state index is 0.128. The molecule has 2 N–H and O–H groups in total. The Bertz CT molecular complexity index is 1560. The molecule has 214 valence electrons. The third kappa shape index (κ3) is 6.70. The van der Waals surface area contributed by atoms with Crippen molar-refractivity contribution in [3.8, 4) is 23.2 Å². The lowest BCUT2D eigenvalue weighted by molar-refractivity contribution is 0.0899. The summed E-state index contributed by atoms with van der Waals surface area (Å²) in [4.78, 5) is 18.8. The van der Waals surface area contributed by atoms with E-state index in [1.807, 2.05) is 32.6 Å². The minimum Gasteiger partial charge on any atom is -0.492 e. The van der Waals surface area contributed by atoms with Crippen LogP contribution in [-0.4, -0.2) is 77.2 Å². The average Bonchev–Trinajstić information content (AvgIpc) is 3.71. The molecule has 5 rings (SSSR count). The van der Waals surface area contributed by atoms with E-state index in [9.17, 15) is 10.4 Å². The Morgan fingerprint density at radius 3 is 2.90 bits per heavy atom. The number of hydrogen-bond donors (Lipinski definition) is 2. The monoisotopic (exact) mass is 590 g/mol. The molecule has 0 bridgehead atoms. The second-order valence-electron chi connectivity index (χ2n) is 11.4. The number of fused-ring (bicyclic) bond motifs is 1. The first-order valence-corrected chi connectivity index (χ1v) is 17.7. The highest BCUT2D eigenvalue weighted by atomic mass is 32.1. The number of nitriles is 1. The van der Waals surface area contributed by atoms with E-state index in [1.165, 1.54) is 12.5 Å². The Morgan fingerprint density at radius 1 is 1.27 bits per heavy atom. The fraction of sp³-hybridized carbons (Fsp3) is 0.444. The van der Waals surface area contributed by atoms with Crippen molar-refractivity contribution in [3.63, 3.8) is 0 Å². The minimum atomic E-state index is -1.15. The second kappa shape index (κ2) is 12.3. The number of nitrogens with one attached hydrogen (secondary N) is 1. The van der Waals surface area contributed by atoms with Gasteiger partial charge in [-0.25, -0.2) is 19.9 Å². The van der Waals surface area contributed by atoms with E-state index < -0.39 is 8.07 Å². The summed E-state index contributed by atoms with van der Waals surface area (Å²) in [6.45, 7) is 9.58. The highest BCUT2D eigenvalue weighted by Gasteiger charge is 2.32. The number of hydrogen-bond acceptors (Lipinski definition) is 9. The van der Waals surface area contributed by atoms with Crippen LogP contribution in [0.2, 0.25) is 25.7 Å². The van der Waals surface area contributed by atoms with Gasteiger partial charge in [-0.3, -0.25) is 4.68 Å². The smallest absolute Gasteiger partial charge is 0.238 e. The maximum atomic E-state index is 9.94. The van der Waals surface area contributed by atoms with Crippen LogP contribution in [-0.2, 0) is 11.5 Å². The zero-order chi connectivity index (χ0) is 29.0. The van der Waals surface area contributed by atoms with E-state index in [4.69, 9.17) is 17.0 Å². The average molecular weight is 591 g/mol. The van der Waals surface area contributed by atoms with Crippen LogP contribution in [0.5, 0.6) is 5.88 Å². The summed E-state index contributed by atoms with van der Waals surface area (Å²) in [5, 5.41) is 28.7. The van der Waals surface area contributed by atoms with Gasteiger partial charge in [-0.1, -0.05) is 19.6 Å². The molecule has 0 spiro atoms. The molecule has 0 aromatic carbocycles. The lowest BCUT2D eigenvalue weighted by Crippen LogP contribution is -2.34. The van der Waals surface area contributed by atoms with Crippen molar-refractivity contribution in [3.05, 3.63) is 43.5 Å². The van der Waals surface area contributed by atoms with Gasteiger partial charge in [0.2, 0.25) is 5.88 Å². The Balaban J connectivity index is 1.28. The normalized spacial score (nSPS) is 16.1. The highest BCUT2D eigenvalue weighted by Crippen LogP contribution is 2.33. The highest BCUT2D eigenvalue weighted by molar-refractivity contribution is 7.80. The van der Waals surface area contributed by atoms with Gasteiger partial charge in [-0.2, -0.15) is 10.4 Å². The number of aromatic nitrogens is 7. The van der Waals surface area contributed by atoms with Gasteiger partial charge in [0.1, 0.15) is 30.7 Å². The number of rotatable bonds is 10. The molecular formula is C27H34N10O2SSi. The number of thiocarbonyl (C=S) groups is 1. The molecule has 4 aromatic rings. The summed E-state index contributed by atoms with van der Waals surface area (Å²) in [5.41, 5.74) is 2.83. The van der Waals surface area contributed by atoms with Crippen molar-refractivity contribution in [2.75, 3.05) is 25.0 Å². The Kier molecular flexibility index (Phi) is 8.57. The van der Waals surface area contributed by atoms with Gasteiger partial charge < -0.3 is 24.6 Å². The molecule has 0 aliphatic carbocycles. The third-order valence-electron chi connectivity index (χ3n) is 7.29. The summed E-state index contributed by atoms with van der Waals surface area (Å²) in [5.74, 6) is -0.00385. The van der Waals surface area contributed by atoms with Crippen LogP contribution >= 0.6 is 12.2 Å². The van der Waals surface area contributed by atoms with Crippen molar-refractivity contribution in [2.45, 2.75) is 51.3 Å². The lowest BCUT2D eigenvalue weighted by Gasteiger charge is -2.24. The number of aromatic hydroxyl groups is 1. The molecule has 2 unspecified atom stereocenters. The first-order valence-electron chi connectivity index (χ1n) is 13.6. The van der Waals surface area contributed by atoms with Gasteiger partial charge in [0.25, 0.3) is 0 Å². The van der Waals surface area contributed by atoms with E-state index in [0.717, 1.165) is 47.9 Å². The first kappa shape index (κ1) is 28.6. The fourth-order valence-corrected chi connectivity index (χ4v) is 6.01. The van der Waals surface area contributed by atoms with Crippen molar-refractivity contribution in [1.29, 1.82) is 5.26 Å².